The smallest absolute Gasteiger partial charge is 0.244 e. The van der Waals surface area contributed by atoms with Gasteiger partial charge < -0.3 is 5.11 Å². The number of benzene rings is 1. The number of rotatable bonds is 2. The Bertz CT molecular complexity index is 530. The van der Waals surface area contributed by atoms with E-state index < -0.39 is 16.1 Å². The quantitative estimate of drug-likeness (QED) is 0.899. The Morgan fingerprint density at radius 3 is 2.76 bits per heavy atom. The van der Waals surface area contributed by atoms with E-state index in [9.17, 15) is 13.5 Å². The molecule has 17 heavy (non-hydrogen) atoms. The normalized spacial score (nSPS) is 21.9. The first-order chi connectivity index (χ1) is 7.93. The lowest BCUT2D eigenvalue weighted by molar-refractivity contribution is 0.189. The summed E-state index contributed by atoms with van der Waals surface area (Å²) in [6.45, 7) is 2.41. The minimum absolute atomic E-state index is 0.183. The monoisotopic (exact) mass is 319 g/mol. The Morgan fingerprint density at radius 2 is 2.18 bits per heavy atom. The fourth-order valence-corrected chi connectivity index (χ4v) is 4.40. The molecule has 0 bridgehead atoms. The summed E-state index contributed by atoms with van der Waals surface area (Å²) in [4.78, 5) is 0.270. The van der Waals surface area contributed by atoms with Crippen LogP contribution < -0.4 is 0 Å². The van der Waals surface area contributed by atoms with Crippen LogP contribution >= 0.6 is 15.9 Å². The van der Waals surface area contributed by atoms with Gasteiger partial charge in [-0.05, 0) is 40.9 Å². The number of β-amino-alcohol motifs (C(OH)–C–C–N with tert-alkyl or cyclic N) is 1. The zero-order valence-electron chi connectivity index (χ0n) is 9.43. The molecule has 1 N–H and O–H groups in total. The Balaban J connectivity index is 2.42. The number of nitrogens with zero attached hydrogens (tertiary/aromatic N) is 1. The van der Waals surface area contributed by atoms with Crippen molar-refractivity contribution >= 4 is 26.0 Å². The standard InChI is InChI=1S/C11H14BrNO3S/c1-8-3-2-4-10(11(8)12)17(15,16)13-6-5-9(14)7-13/h2-4,9,14H,5-7H2,1H3/t9-/m0/s1. The van der Waals surface area contributed by atoms with E-state index in [2.05, 4.69) is 15.9 Å². The molecule has 0 spiro atoms. The second kappa shape index (κ2) is 4.68. The van der Waals surface area contributed by atoms with Crippen molar-refractivity contribution in [2.45, 2.75) is 24.3 Å². The first-order valence-electron chi connectivity index (χ1n) is 5.36. The maximum absolute atomic E-state index is 12.3. The molecular formula is C11H14BrNO3S. The molecule has 4 nitrogen and oxygen atoms in total. The third kappa shape index (κ3) is 2.40. The van der Waals surface area contributed by atoms with Crippen LogP contribution in [-0.2, 0) is 10.0 Å². The van der Waals surface area contributed by atoms with Crippen molar-refractivity contribution in [3.8, 4) is 0 Å². The lowest BCUT2D eigenvalue weighted by Gasteiger charge is -2.17. The van der Waals surface area contributed by atoms with Crippen molar-refractivity contribution in [2.24, 2.45) is 0 Å². The maximum atomic E-state index is 12.3. The molecule has 0 amide bonds. The van der Waals surface area contributed by atoms with Crippen LogP contribution in [0.2, 0.25) is 0 Å². The fraction of sp³-hybridized carbons (Fsp3) is 0.455. The molecule has 1 aliphatic rings. The van der Waals surface area contributed by atoms with Crippen LogP contribution in [0.15, 0.2) is 27.6 Å². The molecule has 1 fully saturated rings. The average Bonchev–Trinajstić information content (AvgIpc) is 2.69. The van der Waals surface area contributed by atoms with Crippen LogP contribution in [-0.4, -0.2) is 37.0 Å². The predicted octanol–water partition coefficient (Wildman–Crippen LogP) is 1.51. The molecule has 6 heteroatoms. The number of sulfonamides is 1. The van der Waals surface area contributed by atoms with Crippen molar-refractivity contribution < 1.29 is 13.5 Å². The molecule has 0 radical (unpaired) electrons. The molecule has 1 aliphatic heterocycles. The molecule has 0 aliphatic carbocycles. The van der Waals surface area contributed by atoms with Gasteiger partial charge >= 0.3 is 0 Å². The highest BCUT2D eigenvalue weighted by molar-refractivity contribution is 9.10. The van der Waals surface area contributed by atoms with E-state index in [1.54, 1.807) is 12.1 Å². The van der Waals surface area contributed by atoms with Crippen molar-refractivity contribution in [3.05, 3.63) is 28.2 Å². The summed E-state index contributed by atoms with van der Waals surface area (Å²) >= 11 is 3.31. The molecule has 1 saturated heterocycles. The lowest BCUT2D eigenvalue weighted by atomic mass is 10.2. The van der Waals surface area contributed by atoms with E-state index in [0.29, 0.717) is 17.4 Å². The second-order valence-corrected chi connectivity index (χ2v) is 6.89. The van der Waals surface area contributed by atoms with Gasteiger partial charge in [-0.15, -0.1) is 0 Å². The van der Waals surface area contributed by atoms with E-state index in [4.69, 9.17) is 0 Å². The number of hydrogen-bond acceptors (Lipinski definition) is 3. The van der Waals surface area contributed by atoms with Gasteiger partial charge in [-0.2, -0.15) is 4.31 Å². The van der Waals surface area contributed by atoms with Gasteiger partial charge in [0.05, 0.1) is 11.0 Å². The van der Waals surface area contributed by atoms with Crippen LogP contribution in [0.25, 0.3) is 0 Å². The Morgan fingerprint density at radius 1 is 1.47 bits per heavy atom. The molecule has 2 rings (SSSR count). The lowest BCUT2D eigenvalue weighted by Crippen LogP contribution is -2.30. The summed E-state index contributed by atoms with van der Waals surface area (Å²) in [7, 11) is -3.50. The zero-order valence-corrected chi connectivity index (χ0v) is 11.8. The SMILES string of the molecule is Cc1cccc(S(=O)(=O)N2CC[C@H](O)C2)c1Br. The van der Waals surface area contributed by atoms with Gasteiger partial charge in [-0.3, -0.25) is 0 Å². The Kier molecular flexibility index (Phi) is 3.58. The number of aliphatic hydroxyl groups excluding tert-OH is 1. The molecule has 1 heterocycles. The van der Waals surface area contributed by atoms with E-state index in [1.807, 2.05) is 13.0 Å². The fourth-order valence-electron chi connectivity index (χ4n) is 1.89. The highest BCUT2D eigenvalue weighted by Gasteiger charge is 2.32. The highest BCUT2D eigenvalue weighted by atomic mass is 79.9. The summed E-state index contributed by atoms with van der Waals surface area (Å²) in [5, 5.41) is 9.42. The molecule has 1 atom stereocenters. The van der Waals surface area contributed by atoms with E-state index in [-0.39, 0.29) is 11.4 Å². The molecule has 1 aromatic carbocycles. The van der Waals surface area contributed by atoms with Crippen molar-refractivity contribution in [1.82, 2.24) is 4.31 Å². The first kappa shape index (κ1) is 13.0. The van der Waals surface area contributed by atoms with E-state index in [0.717, 1.165) is 5.56 Å². The average molecular weight is 320 g/mol. The first-order valence-corrected chi connectivity index (χ1v) is 7.59. The minimum Gasteiger partial charge on any atom is -0.392 e. The van der Waals surface area contributed by atoms with Crippen LogP contribution in [0.5, 0.6) is 0 Å². The Hall–Kier alpha value is -0.430. The molecule has 1 aromatic rings. The van der Waals surface area contributed by atoms with Gasteiger partial charge in [0.2, 0.25) is 10.0 Å². The molecule has 0 unspecified atom stereocenters. The summed E-state index contributed by atoms with van der Waals surface area (Å²) in [6.07, 6.45) is -0.0452. The van der Waals surface area contributed by atoms with Crippen molar-refractivity contribution in [1.29, 1.82) is 0 Å². The topological polar surface area (TPSA) is 57.6 Å². The van der Waals surface area contributed by atoms with Crippen LogP contribution in [0.4, 0.5) is 0 Å². The third-order valence-corrected chi connectivity index (χ3v) is 6.12. The predicted molar refractivity (Wildman–Crippen MR) is 68.3 cm³/mol. The summed E-state index contributed by atoms with van der Waals surface area (Å²) in [6, 6.07) is 5.15. The summed E-state index contributed by atoms with van der Waals surface area (Å²) in [5.41, 5.74) is 0.880. The molecule has 94 valence electrons. The van der Waals surface area contributed by atoms with Crippen molar-refractivity contribution in [2.75, 3.05) is 13.1 Å². The Labute approximate surface area is 109 Å². The van der Waals surface area contributed by atoms with Gasteiger partial charge in [0.1, 0.15) is 0 Å². The number of hydrogen-bond donors (Lipinski definition) is 1. The maximum Gasteiger partial charge on any atom is 0.244 e. The van der Waals surface area contributed by atoms with Crippen LogP contribution in [0.3, 0.4) is 0 Å². The highest BCUT2D eigenvalue weighted by Crippen LogP contribution is 2.29. The largest absolute Gasteiger partial charge is 0.392 e. The number of aliphatic hydroxyl groups is 1. The van der Waals surface area contributed by atoms with Gasteiger partial charge in [-0.1, -0.05) is 12.1 Å². The summed E-state index contributed by atoms with van der Waals surface area (Å²) < 4.78 is 26.6. The zero-order chi connectivity index (χ0) is 12.6. The molecular weight excluding hydrogens is 306 g/mol. The van der Waals surface area contributed by atoms with Gasteiger partial charge in [0, 0.05) is 17.6 Å². The minimum atomic E-state index is -3.50. The number of aryl methyl sites for hydroxylation is 1. The van der Waals surface area contributed by atoms with E-state index in [1.165, 1.54) is 4.31 Å². The molecule has 0 aromatic heterocycles. The molecule has 0 saturated carbocycles. The van der Waals surface area contributed by atoms with Crippen LogP contribution in [0, 0.1) is 6.92 Å². The second-order valence-electron chi connectivity index (χ2n) is 4.19. The number of halogens is 1. The van der Waals surface area contributed by atoms with Crippen molar-refractivity contribution in [3.63, 3.8) is 0 Å². The van der Waals surface area contributed by atoms with Gasteiger partial charge in [-0.25, -0.2) is 8.42 Å². The van der Waals surface area contributed by atoms with Crippen LogP contribution in [0.1, 0.15) is 12.0 Å². The van der Waals surface area contributed by atoms with Gasteiger partial charge in [0.15, 0.2) is 0 Å². The third-order valence-electron chi connectivity index (χ3n) is 2.90. The van der Waals surface area contributed by atoms with Gasteiger partial charge in [0.25, 0.3) is 0 Å². The summed E-state index contributed by atoms with van der Waals surface area (Å²) in [5.74, 6) is 0. The van der Waals surface area contributed by atoms with E-state index >= 15 is 0 Å².